The van der Waals surface area contributed by atoms with Crippen LogP contribution in [-0.2, 0) is 24.2 Å². The number of nitrogens with zero attached hydrogens (tertiary/aromatic N) is 1. The average molecular weight is 379 g/mol. The minimum Gasteiger partial charge on any atom is -0.449 e. The van der Waals surface area contributed by atoms with Gasteiger partial charge in [0.1, 0.15) is 0 Å². The number of amides is 1. The zero-order valence-corrected chi connectivity index (χ0v) is 16.2. The monoisotopic (exact) mass is 379 g/mol. The number of sulfone groups is 1. The van der Waals surface area contributed by atoms with Crippen molar-refractivity contribution in [2.45, 2.75) is 39.3 Å². The van der Waals surface area contributed by atoms with Crippen LogP contribution in [0.3, 0.4) is 0 Å². The van der Waals surface area contributed by atoms with Gasteiger partial charge in [-0.25, -0.2) is 13.2 Å². The highest BCUT2D eigenvalue weighted by molar-refractivity contribution is 7.91. The molecule has 0 aliphatic carbocycles. The van der Waals surface area contributed by atoms with E-state index in [0.717, 1.165) is 11.1 Å². The molecule has 6 nitrogen and oxygen atoms in total. The van der Waals surface area contributed by atoms with Crippen LogP contribution in [0, 0.1) is 6.92 Å². The summed E-state index contributed by atoms with van der Waals surface area (Å²) >= 11 is 0. The summed E-state index contributed by atoms with van der Waals surface area (Å²) in [7, 11) is -3.09. The molecule has 1 amide bonds. The molecule has 1 fully saturated rings. The van der Waals surface area contributed by atoms with Crippen molar-refractivity contribution < 1.29 is 22.7 Å². The molecule has 0 radical (unpaired) electrons. The van der Waals surface area contributed by atoms with Crippen LogP contribution < -0.4 is 0 Å². The summed E-state index contributed by atoms with van der Waals surface area (Å²) in [6.45, 7) is 5.61. The summed E-state index contributed by atoms with van der Waals surface area (Å²) < 4.78 is 28.5. The summed E-state index contributed by atoms with van der Waals surface area (Å²) in [5.41, 5.74) is 1.93. The van der Waals surface area contributed by atoms with E-state index in [1.165, 1.54) is 17.9 Å². The average Bonchev–Trinajstić information content (AvgIpc) is 2.94. The zero-order chi connectivity index (χ0) is 19.3. The van der Waals surface area contributed by atoms with Crippen molar-refractivity contribution in [1.29, 1.82) is 0 Å². The summed E-state index contributed by atoms with van der Waals surface area (Å²) in [4.78, 5) is 26.1. The first-order valence-corrected chi connectivity index (χ1v) is 10.5. The van der Waals surface area contributed by atoms with E-state index >= 15 is 0 Å². The molecule has 1 aromatic rings. The number of ether oxygens (including phenoxy) is 1. The maximum Gasteiger partial charge on any atom is 0.331 e. The Bertz CT molecular complexity index is 800. The van der Waals surface area contributed by atoms with Crippen LogP contribution in [0.1, 0.15) is 31.4 Å². The van der Waals surface area contributed by atoms with Crippen molar-refractivity contribution >= 4 is 27.8 Å². The molecule has 0 saturated carbocycles. The summed E-state index contributed by atoms with van der Waals surface area (Å²) in [5.74, 6) is -0.911. The third kappa shape index (κ3) is 5.17. The summed E-state index contributed by atoms with van der Waals surface area (Å²) in [5, 5.41) is 0. The Kier molecular flexibility index (Phi) is 6.58. The number of rotatable bonds is 6. The Balaban J connectivity index is 1.97. The van der Waals surface area contributed by atoms with Crippen LogP contribution in [0.4, 0.5) is 0 Å². The molecular formula is C19H25NO5S. The van der Waals surface area contributed by atoms with E-state index in [2.05, 4.69) is 0 Å². The highest BCUT2D eigenvalue weighted by Crippen LogP contribution is 2.19. The highest BCUT2D eigenvalue weighted by Gasteiger charge is 2.36. The predicted molar refractivity (Wildman–Crippen MR) is 100 cm³/mol. The van der Waals surface area contributed by atoms with Crippen LogP contribution in [-0.4, -0.2) is 55.4 Å². The van der Waals surface area contributed by atoms with Gasteiger partial charge in [-0.2, -0.15) is 0 Å². The van der Waals surface area contributed by atoms with Crippen LogP contribution in [0.5, 0.6) is 0 Å². The van der Waals surface area contributed by atoms with Gasteiger partial charge in [-0.05, 0) is 44.4 Å². The van der Waals surface area contributed by atoms with Gasteiger partial charge in [0.15, 0.2) is 15.9 Å². The number of esters is 1. The number of aryl methyl sites for hydroxylation is 1. The molecule has 1 saturated heterocycles. The van der Waals surface area contributed by atoms with Crippen molar-refractivity contribution in [3.8, 4) is 0 Å². The Morgan fingerprint density at radius 2 is 2.04 bits per heavy atom. The molecule has 1 heterocycles. The molecule has 1 aromatic carbocycles. The second-order valence-corrected chi connectivity index (χ2v) is 8.68. The van der Waals surface area contributed by atoms with Gasteiger partial charge < -0.3 is 9.64 Å². The van der Waals surface area contributed by atoms with Crippen molar-refractivity contribution in [2.24, 2.45) is 0 Å². The number of carbonyl (C=O) groups excluding carboxylic acids is 2. The van der Waals surface area contributed by atoms with Gasteiger partial charge in [-0.15, -0.1) is 0 Å². The molecule has 0 N–H and O–H groups in total. The Labute approximate surface area is 154 Å². The summed E-state index contributed by atoms with van der Waals surface area (Å²) in [6, 6.07) is 7.26. The van der Waals surface area contributed by atoms with Gasteiger partial charge >= 0.3 is 5.97 Å². The summed E-state index contributed by atoms with van der Waals surface area (Å²) in [6.07, 6.45) is 2.40. The van der Waals surface area contributed by atoms with Crippen LogP contribution in [0.2, 0.25) is 0 Å². The third-order valence-electron chi connectivity index (χ3n) is 4.50. The van der Waals surface area contributed by atoms with Crippen molar-refractivity contribution in [3.05, 3.63) is 41.5 Å². The number of hydrogen-bond acceptors (Lipinski definition) is 5. The molecule has 7 heteroatoms. The molecular weight excluding hydrogens is 354 g/mol. The fraction of sp³-hybridized carbons (Fsp3) is 0.474. The Morgan fingerprint density at radius 1 is 1.35 bits per heavy atom. The number of carbonyl (C=O) groups is 2. The Morgan fingerprint density at radius 3 is 2.62 bits per heavy atom. The molecule has 1 aliphatic heterocycles. The number of hydrogen-bond donors (Lipinski definition) is 0. The SMILES string of the molecule is CCN(C(=O)[C@@H](C)OC(=O)/C=C/c1ccccc1C)[C@H]1CCS(=O)(=O)C1. The van der Waals surface area contributed by atoms with Crippen LogP contribution in [0.15, 0.2) is 30.3 Å². The van der Waals surface area contributed by atoms with Crippen molar-refractivity contribution in [3.63, 3.8) is 0 Å². The molecule has 142 valence electrons. The third-order valence-corrected chi connectivity index (χ3v) is 6.25. The van der Waals surface area contributed by atoms with Gasteiger partial charge in [0.2, 0.25) is 0 Å². The lowest BCUT2D eigenvalue weighted by Crippen LogP contribution is -2.46. The lowest BCUT2D eigenvalue weighted by Gasteiger charge is -2.29. The van der Waals surface area contributed by atoms with Crippen molar-refractivity contribution in [1.82, 2.24) is 4.90 Å². The fourth-order valence-electron chi connectivity index (χ4n) is 3.04. The smallest absolute Gasteiger partial charge is 0.331 e. The lowest BCUT2D eigenvalue weighted by atomic mass is 10.1. The minimum absolute atomic E-state index is 0.0273. The Hall–Kier alpha value is -2.15. The molecule has 0 spiro atoms. The van der Waals surface area contributed by atoms with Crippen LogP contribution >= 0.6 is 0 Å². The largest absolute Gasteiger partial charge is 0.449 e. The van der Waals surface area contributed by atoms with Gasteiger partial charge in [0.05, 0.1) is 11.5 Å². The second-order valence-electron chi connectivity index (χ2n) is 6.45. The van der Waals surface area contributed by atoms with E-state index < -0.39 is 21.9 Å². The number of benzene rings is 1. The molecule has 0 unspecified atom stereocenters. The lowest BCUT2D eigenvalue weighted by molar-refractivity contribution is -0.156. The molecule has 2 rings (SSSR count). The van der Waals surface area contributed by atoms with Crippen molar-refractivity contribution in [2.75, 3.05) is 18.1 Å². The van der Waals surface area contributed by atoms with Gasteiger partial charge in [-0.1, -0.05) is 24.3 Å². The van der Waals surface area contributed by atoms with E-state index in [1.807, 2.05) is 31.2 Å². The first-order valence-electron chi connectivity index (χ1n) is 8.68. The predicted octanol–water partition coefficient (Wildman–Crippen LogP) is 1.98. The van der Waals surface area contributed by atoms with E-state index in [1.54, 1.807) is 13.0 Å². The quantitative estimate of drug-likeness (QED) is 0.558. The first-order chi connectivity index (χ1) is 12.2. The van der Waals surface area contributed by atoms with E-state index in [4.69, 9.17) is 4.74 Å². The number of likely N-dealkylation sites (N-methyl/N-ethyl adjacent to an activating group) is 1. The molecule has 0 aromatic heterocycles. The normalized spacial score (nSPS) is 20.0. The van der Waals surface area contributed by atoms with Gasteiger partial charge in [-0.3, -0.25) is 4.79 Å². The maximum absolute atomic E-state index is 12.6. The standard InChI is InChI=1S/C19H25NO5S/c1-4-20(17-11-12-26(23,24)13-17)19(22)15(3)25-18(21)10-9-16-8-6-5-7-14(16)2/h5-10,15,17H,4,11-13H2,1-3H3/b10-9+/t15-,17+/m1/s1. The topological polar surface area (TPSA) is 80.8 Å². The van der Waals surface area contributed by atoms with Crippen LogP contribution in [0.25, 0.3) is 6.08 Å². The molecule has 0 bridgehead atoms. The minimum atomic E-state index is -3.09. The van der Waals surface area contributed by atoms with Gasteiger partial charge in [0.25, 0.3) is 5.91 Å². The fourth-order valence-corrected chi connectivity index (χ4v) is 4.77. The highest BCUT2D eigenvalue weighted by atomic mass is 32.2. The molecule has 1 aliphatic rings. The first kappa shape index (κ1) is 20.2. The van der Waals surface area contributed by atoms with E-state index in [-0.39, 0.29) is 23.5 Å². The maximum atomic E-state index is 12.6. The second kappa shape index (κ2) is 8.49. The van der Waals surface area contributed by atoms with E-state index in [9.17, 15) is 18.0 Å². The zero-order valence-electron chi connectivity index (χ0n) is 15.3. The van der Waals surface area contributed by atoms with Gasteiger partial charge in [0, 0.05) is 18.7 Å². The molecule has 26 heavy (non-hydrogen) atoms. The van der Waals surface area contributed by atoms with E-state index in [0.29, 0.717) is 13.0 Å². The molecule has 2 atom stereocenters.